The number of para-hydroxylation sites is 3. The summed E-state index contributed by atoms with van der Waals surface area (Å²) in [4.78, 5) is 15.8. The Hall–Kier alpha value is -7.37. The van der Waals surface area contributed by atoms with Crippen LogP contribution in [0.2, 0.25) is 0 Å². The first-order valence-corrected chi connectivity index (χ1v) is 21.0. The van der Waals surface area contributed by atoms with Crippen LogP contribution in [-0.4, -0.2) is 55.5 Å². The number of hydrogen-bond acceptors (Lipinski definition) is 3. The van der Waals surface area contributed by atoms with Crippen LogP contribution in [0, 0.1) is 6.92 Å². The first kappa shape index (κ1) is 36.7. The Morgan fingerprint density at radius 1 is 0.377 bits per heavy atom. The molecule has 0 aliphatic carbocycles. The number of aromatic nitrogens is 5. The first-order chi connectivity index (χ1) is 29.9. The Labute approximate surface area is 358 Å². The fourth-order valence-corrected chi connectivity index (χ4v) is 9.58. The van der Waals surface area contributed by atoms with Gasteiger partial charge in [0.15, 0.2) is 11.6 Å². The van der Waals surface area contributed by atoms with Crippen molar-refractivity contribution >= 4 is 96.8 Å². The molecular weight excluding hydrogens is 738 g/mol. The lowest BCUT2D eigenvalue weighted by Gasteiger charge is -2.25. The monoisotopic (exact) mass is 777 g/mol. The van der Waals surface area contributed by atoms with Crippen molar-refractivity contribution in [2.45, 2.75) is 6.92 Å². The van der Waals surface area contributed by atoms with Gasteiger partial charge in [0.25, 0.3) is 0 Å². The van der Waals surface area contributed by atoms with E-state index in [1.807, 2.05) is 36.4 Å². The molecule has 3 heterocycles. The van der Waals surface area contributed by atoms with E-state index in [2.05, 4.69) is 181 Å². The van der Waals surface area contributed by atoms with Gasteiger partial charge in [-0.05, 0) is 30.2 Å². The van der Waals surface area contributed by atoms with Crippen LogP contribution in [-0.2, 0) is 0 Å². The van der Waals surface area contributed by atoms with E-state index in [9.17, 15) is 0 Å². The molecule has 0 unspecified atom stereocenters. The molecule has 9 heteroatoms. The number of fused-ring (bicyclic) bond motifs is 7. The SMILES string of the molecule is Bc1c(B)c(C)c(B)c(-c2cccc(-c3ccccc3)c2-n2c3ccccc3c3ccc4c5ccccc5n(-c5nc(-c6ccccc6)nc(-c6ccccc6)n5)c4c32)c1B. The number of hydrogen-bond donors (Lipinski definition) is 0. The summed E-state index contributed by atoms with van der Waals surface area (Å²) in [5, 5.41) is 4.60. The van der Waals surface area contributed by atoms with Crippen molar-refractivity contribution < 1.29 is 0 Å². The third-order valence-corrected chi connectivity index (χ3v) is 13.0. The lowest BCUT2D eigenvalue weighted by molar-refractivity contribution is 0.953. The highest BCUT2D eigenvalue weighted by Gasteiger charge is 2.27. The molecule has 0 bridgehead atoms. The lowest BCUT2D eigenvalue weighted by atomic mass is 9.63. The lowest BCUT2D eigenvalue weighted by Crippen LogP contribution is -2.46. The average molecular weight is 777 g/mol. The Morgan fingerprint density at radius 3 is 1.43 bits per heavy atom. The standard InChI is InChI=1S/C52H39B4N5/c1-30-43(53)42(45(55)46(56)44(30)54)39-25-15-24-34(31-16-5-2-6-17-31)47(39)60-40-26-13-11-22-35(40)37-28-29-38-36-23-12-14-27-41(36)61(49(38)48(37)60)52-58-50(32-18-7-3-8-19-32)57-51(59-52)33-20-9-4-10-21-33/h2-29H,53-56H2,1H3. The normalized spacial score (nSPS) is 11.6. The van der Waals surface area contributed by atoms with Crippen LogP contribution in [0.5, 0.6) is 0 Å². The van der Waals surface area contributed by atoms with Crippen LogP contribution < -0.4 is 21.9 Å². The zero-order chi connectivity index (χ0) is 41.4. The zero-order valence-electron chi connectivity index (χ0n) is 34.9. The van der Waals surface area contributed by atoms with Gasteiger partial charge in [-0.2, -0.15) is 9.97 Å². The summed E-state index contributed by atoms with van der Waals surface area (Å²) in [6, 6.07) is 60.2. The molecule has 0 aliphatic heterocycles. The minimum absolute atomic E-state index is 0.566. The topological polar surface area (TPSA) is 48.5 Å². The van der Waals surface area contributed by atoms with Gasteiger partial charge in [-0.25, -0.2) is 4.98 Å². The van der Waals surface area contributed by atoms with Crippen molar-refractivity contribution in [2.75, 3.05) is 0 Å². The molecule has 61 heavy (non-hydrogen) atoms. The zero-order valence-corrected chi connectivity index (χ0v) is 34.9. The summed E-state index contributed by atoms with van der Waals surface area (Å²) in [5.74, 6) is 1.81. The average Bonchev–Trinajstić information content (AvgIpc) is 3.84. The molecule has 5 nitrogen and oxygen atoms in total. The second-order valence-electron chi connectivity index (χ2n) is 16.1. The van der Waals surface area contributed by atoms with Crippen molar-refractivity contribution in [1.29, 1.82) is 0 Å². The van der Waals surface area contributed by atoms with Crippen molar-refractivity contribution in [3.05, 3.63) is 175 Å². The van der Waals surface area contributed by atoms with Gasteiger partial charge in [-0.1, -0.05) is 180 Å². The van der Waals surface area contributed by atoms with Gasteiger partial charge < -0.3 is 4.57 Å². The third-order valence-electron chi connectivity index (χ3n) is 13.0. The van der Waals surface area contributed by atoms with Crippen molar-refractivity contribution in [3.63, 3.8) is 0 Å². The molecule has 11 rings (SSSR count). The van der Waals surface area contributed by atoms with Crippen LogP contribution in [0.25, 0.3) is 100 Å². The van der Waals surface area contributed by atoms with E-state index >= 15 is 0 Å². The van der Waals surface area contributed by atoms with Gasteiger partial charge in [0, 0.05) is 43.8 Å². The summed E-state index contributed by atoms with van der Waals surface area (Å²) >= 11 is 0. The minimum atomic E-state index is 0.566. The maximum Gasteiger partial charge on any atom is 0.238 e. The van der Waals surface area contributed by atoms with Crippen LogP contribution in [0.4, 0.5) is 0 Å². The largest absolute Gasteiger partial charge is 0.306 e. The van der Waals surface area contributed by atoms with E-state index in [1.165, 1.54) is 43.9 Å². The molecule has 8 aromatic carbocycles. The smallest absolute Gasteiger partial charge is 0.238 e. The number of nitrogens with zero attached hydrogens (tertiary/aromatic N) is 5. The van der Waals surface area contributed by atoms with Crippen LogP contribution in [0.3, 0.4) is 0 Å². The van der Waals surface area contributed by atoms with Gasteiger partial charge >= 0.3 is 0 Å². The Bertz CT molecular complexity index is 3440. The molecular formula is C52H39B4N5. The molecule has 0 spiro atoms. The first-order valence-electron chi connectivity index (χ1n) is 21.0. The highest BCUT2D eigenvalue weighted by molar-refractivity contribution is 6.61. The molecule has 0 saturated carbocycles. The predicted molar refractivity (Wildman–Crippen MR) is 268 cm³/mol. The molecule has 11 aromatic rings. The fraction of sp³-hybridized carbons (Fsp3) is 0.0192. The second-order valence-corrected chi connectivity index (χ2v) is 16.1. The van der Waals surface area contributed by atoms with Gasteiger partial charge in [-0.15, -0.1) is 5.46 Å². The molecule has 0 radical (unpaired) electrons. The molecule has 0 aliphatic rings. The van der Waals surface area contributed by atoms with Gasteiger partial charge in [-0.3, -0.25) is 4.57 Å². The molecule has 0 amide bonds. The van der Waals surface area contributed by atoms with E-state index in [4.69, 9.17) is 15.0 Å². The quantitative estimate of drug-likeness (QED) is 0.193. The predicted octanol–water partition coefficient (Wildman–Crippen LogP) is 6.08. The van der Waals surface area contributed by atoms with Gasteiger partial charge in [0.2, 0.25) is 5.95 Å². The molecule has 3 aromatic heterocycles. The van der Waals surface area contributed by atoms with E-state index < -0.39 is 0 Å². The van der Waals surface area contributed by atoms with Crippen LogP contribution >= 0.6 is 0 Å². The van der Waals surface area contributed by atoms with Crippen molar-refractivity contribution in [1.82, 2.24) is 24.1 Å². The fourth-order valence-electron chi connectivity index (χ4n) is 9.58. The summed E-state index contributed by atoms with van der Waals surface area (Å²) in [6.07, 6.45) is 0. The maximum absolute atomic E-state index is 5.35. The van der Waals surface area contributed by atoms with E-state index in [0.717, 1.165) is 66.2 Å². The van der Waals surface area contributed by atoms with Crippen LogP contribution in [0.15, 0.2) is 170 Å². The Balaban J connectivity index is 1.35. The molecule has 284 valence electrons. The Morgan fingerprint density at radius 2 is 0.852 bits per heavy atom. The second kappa shape index (κ2) is 14.4. The molecule has 0 fully saturated rings. The van der Waals surface area contributed by atoms with Crippen LogP contribution in [0.1, 0.15) is 5.56 Å². The number of rotatable bonds is 6. The Kier molecular flexibility index (Phi) is 8.67. The van der Waals surface area contributed by atoms with Crippen molar-refractivity contribution in [2.24, 2.45) is 0 Å². The summed E-state index contributed by atoms with van der Waals surface area (Å²) in [5.41, 5.74) is 18.7. The summed E-state index contributed by atoms with van der Waals surface area (Å²) in [6.45, 7) is 2.27. The highest BCUT2D eigenvalue weighted by Crippen LogP contribution is 2.45. The van der Waals surface area contributed by atoms with Crippen molar-refractivity contribution in [3.8, 4) is 56.7 Å². The van der Waals surface area contributed by atoms with Gasteiger partial charge in [0.05, 0.1) is 27.8 Å². The number of benzene rings is 8. The maximum atomic E-state index is 5.35. The van der Waals surface area contributed by atoms with E-state index in [1.54, 1.807) is 0 Å². The molecule has 0 saturated heterocycles. The highest BCUT2D eigenvalue weighted by atomic mass is 15.2. The molecule has 0 N–H and O–H groups in total. The minimum Gasteiger partial charge on any atom is -0.306 e. The molecule has 0 atom stereocenters. The van der Waals surface area contributed by atoms with E-state index in [-0.39, 0.29) is 0 Å². The van der Waals surface area contributed by atoms with Gasteiger partial charge in [0.1, 0.15) is 31.4 Å². The third kappa shape index (κ3) is 5.72. The summed E-state index contributed by atoms with van der Waals surface area (Å²) < 4.78 is 4.82. The summed E-state index contributed by atoms with van der Waals surface area (Å²) in [7, 11) is 9.11. The van der Waals surface area contributed by atoms with E-state index in [0.29, 0.717) is 17.6 Å².